The molecule has 0 bridgehead atoms. The molecule has 3 aromatic heterocycles. The predicted octanol–water partition coefficient (Wildman–Crippen LogP) is 16.0. The molecule has 7 N–H and O–H groups in total. The molecule has 26 heteroatoms. The zero-order chi connectivity index (χ0) is 72.2. The summed E-state index contributed by atoms with van der Waals surface area (Å²) in [5.41, 5.74) is 6.10. The van der Waals surface area contributed by atoms with Gasteiger partial charge in [-0.2, -0.15) is 0 Å². The summed E-state index contributed by atoms with van der Waals surface area (Å²) < 4.78 is 35.3. The molecule has 0 saturated carbocycles. The van der Waals surface area contributed by atoms with E-state index >= 15 is 0 Å². The minimum atomic E-state index is -0.389. The average Bonchev–Trinajstić information content (AvgIpc) is 0.824. The molecule has 524 valence electrons. The van der Waals surface area contributed by atoms with Crippen molar-refractivity contribution in [1.82, 2.24) is 34.8 Å². The minimum Gasteiger partial charge on any atom is -0.457 e. The summed E-state index contributed by atoms with van der Waals surface area (Å²) >= 11 is 3.44. The molecule has 2 fully saturated rings. The molecule has 2 aliphatic rings. The Morgan fingerprint density at radius 1 is 0.385 bits per heavy atom. The summed E-state index contributed by atoms with van der Waals surface area (Å²) in [7, 11) is 0. The molecular formula is C78H70BrN15O10. The van der Waals surface area contributed by atoms with Crippen LogP contribution in [0, 0.1) is 0 Å². The van der Waals surface area contributed by atoms with Gasteiger partial charge in [-0.25, -0.2) is 29.9 Å². The van der Waals surface area contributed by atoms with E-state index < -0.39 is 0 Å². The SMILES string of the molecule is C=CC(=O)Nc1cc(Nc2cc(Oc3ccc(Oc4ccccc4)cc3)ncn2)cc(C(=O)N2CCOCC2)c1.C=CC(=O)Nc1cc(Nc2cc(Oc3ccc(Oc4ccccc4)cc3)ncn2)ccc1N1CCOCC1.C=CC(=O)Nc1cccc(Nc2cc(Nc3cccc(Br)c3)ncn2)c1. The van der Waals surface area contributed by atoms with Crippen molar-refractivity contribution >= 4 is 108 Å². The number of benzene rings is 8. The maximum atomic E-state index is 13.2. The van der Waals surface area contributed by atoms with Gasteiger partial charge in [0.1, 0.15) is 76.8 Å². The lowest BCUT2D eigenvalue weighted by atomic mass is 10.1. The van der Waals surface area contributed by atoms with Gasteiger partial charge in [0.2, 0.25) is 29.5 Å². The van der Waals surface area contributed by atoms with Crippen LogP contribution in [-0.2, 0) is 23.9 Å². The van der Waals surface area contributed by atoms with Gasteiger partial charge in [0.05, 0.1) is 37.8 Å². The first-order valence-corrected chi connectivity index (χ1v) is 33.3. The van der Waals surface area contributed by atoms with E-state index in [1.54, 1.807) is 71.6 Å². The number of carbonyl (C=O) groups excluding carboxylic acids is 4. The third kappa shape index (κ3) is 22.1. The third-order valence-corrected chi connectivity index (χ3v) is 15.4. The Bertz CT molecular complexity index is 4760. The van der Waals surface area contributed by atoms with Crippen molar-refractivity contribution in [3.05, 3.63) is 279 Å². The number of rotatable bonds is 24. The van der Waals surface area contributed by atoms with Crippen LogP contribution in [0.4, 0.5) is 68.8 Å². The van der Waals surface area contributed by atoms with Crippen molar-refractivity contribution in [2.24, 2.45) is 0 Å². The number of ether oxygens (including phenoxy) is 6. The number of para-hydroxylation sites is 2. The largest absolute Gasteiger partial charge is 0.457 e. The summed E-state index contributed by atoms with van der Waals surface area (Å²) in [6.07, 6.45) is 7.91. The molecule has 0 aliphatic carbocycles. The van der Waals surface area contributed by atoms with Gasteiger partial charge in [0.15, 0.2) is 0 Å². The highest BCUT2D eigenvalue weighted by atomic mass is 79.9. The molecule has 25 nitrogen and oxygen atoms in total. The molecule has 4 amide bonds. The Morgan fingerprint density at radius 3 is 1.33 bits per heavy atom. The van der Waals surface area contributed by atoms with Gasteiger partial charge in [-0.3, -0.25) is 19.2 Å². The quantitative estimate of drug-likeness (QED) is 0.0277. The topological polar surface area (TPSA) is 292 Å². The van der Waals surface area contributed by atoms with Gasteiger partial charge in [-0.1, -0.05) is 84.2 Å². The number of nitrogens with one attached hydrogen (secondary N) is 7. The number of amides is 4. The molecule has 0 spiro atoms. The highest BCUT2D eigenvalue weighted by molar-refractivity contribution is 9.10. The Labute approximate surface area is 607 Å². The van der Waals surface area contributed by atoms with Crippen LogP contribution in [0.15, 0.2) is 274 Å². The summed E-state index contributed by atoms with van der Waals surface area (Å²) in [6.45, 7) is 15.2. The molecule has 0 radical (unpaired) electrons. The van der Waals surface area contributed by atoms with Gasteiger partial charge < -0.3 is 75.4 Å². The van der Waals surface area contributed by atoms with Gasteiger partial charge in [-0.05, 0) is 164 Å². The maximum absolute atomic E-state index is 13.2. The fraction of sp³-hybridized carbons (Fsp3) is 0.103. The monoisotopic (exact) mass is 1460 g/mol. The van der Waals surface area contributed by atoms with E-state index in [0.717, 1.165) is 57.9 Å². The average molecular weight is 1460 g/mol. The van der Waals surface area contributed by atoms with Gasteiger partial charge in [0, 0.05) is 88.5 Å². The fourth-order valence-corrected chi connectivity index (χ4v) is 10.5. The minimum absolute atomic E-state index is 0.160. The summed E-state index contributed by atoms with van der Waals surface area (Å²) in [5.74, 6) is 5.93. The molecular weight excluding hydrogens is 1390 g/mol. The lowest BCUT2D eigenvalue weighted by molar-refractivity contribution is -0.112. The van der Waals surface area contributed by atoms with Gasteiger partial charge in [-0.15, -0.1) is 0 Å². The van der Waals surface area contributed by atoms with E-state index in [2.05, 4.69) is 108 Å². The summed E-state index contributed by atoms with van der Waals surface area (Å²) in [5, 5.41) is 21.2. The van der Waals surface area contributed by atoms with Gasteiger partial charge in [0.25, 0.3) is 5.91 Å². The standard InChI is InChI=1S/C30H27N5O5.C29H27N5O4.C19H16BrN5O/c1-2-28(36)34-23-17-21(30(37)35-12-14-38-15-13-35)16-22(18-23)33-27-19-29(32-20-31-27)40-26-10-8-25(9-11-26)39-24-6-4-3-5-7-24;1-2-28(35)33-25-18-21(8-13-26(25)34-14-16-36-17-15-34)32-27-19-29(31-20-30-27)38-24-11-9-23(10-12-24)37-22-6-4-3-5-7-22;1-2-19(26)25-16-8-4-7-15(10-16)24-18-11-17(21-12-22-18)23-14-6-3-5-13(20)9-14/h2-11,16-20H,1,12-15H2,(H,34,36)(H,31,32,33);2-13,18-20H,1,14-17H2,(H,33,35)(H,30,31,32);2-12H,1H2,(H,25,26)(H2,21,22,23,24). The number of carbonyl (C=O) groups is 4. The number of nitrogens with zero attached hydrogens (tertiary/aromatic N) is 8. The Balaban J connectivity index is 0.000000160. The third-order valence-electron chi connectivity index (χ3n) is 15.0. The lowest BCUT2D eigenvalue weighted by Gasteiger charge is -2.30. The molecule has 13 rings (SSSR count). The first-order valence-electron chi connectivity index (χ1n) is 32.5. The highest BCUT2D eigenvalue weighted by Gasteiger charge is 2.21. The lowest BCUT2D eigenvalue weighted by Crippen LogP contribution is -2.40. The van der Waals surface area contributed by atoms with Crippen LogP contribution < -0.4 is 61.1 Å². The molecule has 104 heavy (non-hydrogen) atoms. The number of morpholine rings is 2. The summed E-state index contributed by atoms with van der Waals surface area (Å²) in [6, 6.07) is 64.6. The molecule has 11 aromatic rings. The number of hydrogen-bond acceptors (Lipinski definition) is 21. The van der Waals surface area contributed by atoms with Crippen LogP contribution in [0.25, 0.3) is 0 Å². The second-order valence-electron chi connectivity index (χ2n) is 22.5. The molecule has 2 aliphatic heterocycles. The number of aromatic nitrogens is 6. The van der Waals surface area contributed by atoms with Crippen molar-refractivity contribution in [1.29, 1.82) is 0 Å². The fourth-order valence-electron chi connectivity index (χ4n) is 10.1. The van der Waals surface area contributed by atoms with Crippen molar-refractivity contribution < 1.29 is 47.6 Å². The van der Waals surface area contributed by atoms with Crippen LogP contribution in [0.3, 0.4) is 0 Å². The van der Waals surface area contributed by atoms with Crippen LogP contribution >= 0.6 is 15.9 Å². The van der Waals surface area contributed by atoms with Crippen LogP contribution in [-0.4, -0.2) is 111 Å². The zero-order valence-electron chi connectivity index (χ0n) is 56.0. The molecule has 0 atom stereocenters. The zero-order valence-corrected chi connectivity index (χ0v) is 57.6. The van der Waals surface area contributed by atoms with Crippen molar-refractivity contribution in [3.8, 4) is 46.3 Å². The number of halogens is 1. The van der Waals surface area contributed by atoms with E-state index in [1.807, 2.05) is 146 Å². The van der Waals surface area contributed by atoms with Crippen LogP contribution in [0.5, 0.6) is 46.3 Å². The molecule has 0 unspecified atom stereocenters. The van der Waals surface area contributed by atoms with Crippen molar-refractivity contribution in [2.75, 3.05) is 94.7 Å². The second-order valence-corrected chi connectivity index (χ2v) is 23.4. The number of anilines is 12. The Kier molecular flexibility index (Phi) is 25.4. The summed E-state index contributed by atoms with van der Waals surface area (Å²) in [4.78, 5) is 77.9. The van der Waals surface area contributed by atoms with E-state index in [-0.39, 0.29) is 23.6 Å². The Morgan fingerprint density at radius 2 is 0.798 bits per heavy atom. The normalized spacial score (nSPS) is 12.1. The van der Waals surface area contributed by atoms with Crippen LogP contribution in [0.2, 0.25) is 0 Å². The maximum Gasteiger partial charge on any atom is 0.254 e. The van der Waals surface area contributed by atoms with E-state index in [1.165, 1.54) is 31.1 Å². The number of hydrogen-bond donors (Lipinski definition) is 7. The van der Waals surface area contributed by atoms with Crippen molar-refractivity contribution in [2.45, 2.75) is 0 Å². The Hall–Kier alpha value is -13.3. The molecule has 5 heterocycles. The second kappa shape index (κ2) is 36.7. The van der Waals surface area contributed by atoms with Crippen molar-refractivity contribution in [3.63, 3.8) is 0 Å². The van der Waals surface area contributed by atoms with Crippen LogP contribution in [0.1, 0.15) is 10.4 Å². The van der Waals surface area contributed by atoms with E-state index in [4.69, 9.17) is 28.4 Å². The first kappa shape index (κ1) is 72.0. The van der Waals surface area contributed by atoms with Gasteiger partial charge >= 0.3 is 0 Å². The predicted molar refractivity (Wildman–Crippen MR) is 405 cm³/mol. The highest BCUT2D eigenvalue weighted by Crippen LogP contribution is 2.34. The molecule has 8 aromatic carbocycles. The molecule has 2 saturated heterocycles. The first-order chi connectivity index (χ1) is 50.8. The van der Waals surface area contributed by atoms with E-state index in [0.29, 0.717) is 126 Å². The smallest absolute Gasteiger partial charge is 0.254 e. The van der Waals surface area contributed by atoms with E-state index in [9.17, 15) is 19.2 Å².